The summed E-state index contributed by atoms with van der Waals surface area (Å²) in [7, 11) is 1.58. The summed E-state index contributed by atoms with van der Waals surface area (Å²) in [6.07, 6.45) is 3.75. The van der Waals surface area contributed by atoms with E-state index in [2.05, 4.69) is 15.0 Å². The van der Waals surface area contributed by atoms with Gasteiger partial charge in [-0.15, -0.1) is 0 Å². The van der Waals surface area contributed by atoms with Crippen molar-refractivity contribution in [2.24, 2.45) is 0 Å². The smallest absolute Gasteiger partial charge is 0.242 e. The van der Waals surface area contributed by atoms with E-state index in [1.807, 2.05) is 18.4 Å². The molecule has 2 rings (SSSR count). The van der Waals surface area contributed by atoms with Crippen molar-refractivity contribution < 1.29 is 9.47 Å². The Balaban J connectivity index is 2.07. The summed E-state index contributed by atoms with van der Waals surface area (Å²) >= 11 is 5.33. The minimum atomic E-state index is 0.280. The number of H-pyrrole nitrogens is 1. The Morgan fingerprint density at radius 3 is 2.85 bits per heavy atom. The molecule has 0 bridgehead atoms. The molecule has 110 valence electrons. The van der Waals surface area contributed by atoms with Gasteiger partial charge in [0.25, 0.3) is 0 Å². The standard InChI is InChI=1S/C13H20N4O2S/c1-9(2)19-7-5-4-6-17-11-10(16-13(17)20)12(18-3)15-8-14-11/h8-9H,4-7H2,1-3H3,(H,16,20). The summed E-state index contributed by atoms with van der Waals surface area (Å²) < 4.78 is 13.3. The van der Waals surface area contributed by atoms with E-state index < -0.39 is 0 Å². The number of hydrogen-bond donors (Lipinski definition) is 1. The number of hydrogen-bond acceptors (Lipinski definition) is 5. The molecular weight excluding hydrogens is 276 g/mol. The van der Waals surface area contributed by atoms with Crippen LogP contribution in [-0.4, -0.2) is 39.3 Å². The number of aryl methyl sites for hydroxylation is 1. The maximum atomic E-state index is 5.53. The molecule has 0 saturated carbocycles. The highest BCUT2D eigenvalue weighted by atomic mass is 32.1. The van der Waals surface area contributed by atoms with Crippen LogP contribution in [0, 0.1) is 4.77 Å². The van der Waals surface area contributed by atoms with Crippen LogP contribution < -0.4 is 4.74 Å². The fraction of sp³-hybridized carbons (Fsp3) is 0.615. The molecule has 0 aliphatic heterocycles. The number of methoxy groups -OCH3 is 1. The van der Waals surface area contributed by atoms with Gasteiger partial charge in [0.1, 0.15) is 11.8 Å². The molecule has 0 aromatic carbocycles. The Labute approximate surface area is 123 Å². The maximum Gasteiger partial charge on any atom is 0.242 e. The first kappa shape index (κ1) is 14.9. The van der Waals surface area contributed by atoms with E-state index in [-0.39, 0.29) is 6.10 Å². The zero-order valence-electron chi connectivity index (χ0n) is 12.0. The van der Waals surface area contributed by atoms with Gasteiger partial charge >= 0.3 is 0 Å². The molecular formula is C13H20N4O2S. The molecule has 0 saturated heterocycles. The molecule has 0 atom stereocenters. The molecule has 0 radical (unpaired) electrons. The van der Waals surface area contributed by atoms with E-state index in [4.69, 9.17) is 21.7 Å². The molecule has 2 heterocycles. The van der Waals surface area contributed by atoms with Crippen LogP contribution in [0.1, 0.15) is 26.7 Å². The number of nitrogens with zero attached hydrogens (tertiary/aromatic N) is 3. The van der Waals surface area contributed by atoms with Crippen molar-refractivity contribution in [2.75, 3.05) is 13.7 Å². The molecule has 2 aromatic heterocycles. The zero-order valence-corrected chi connectivity index (χ0v) is 12.9. The van der Waals surface area contributed by atoms with Crippen LogP contribution in [0.15, 0.2) is 6.33 Å². The molecule has 6 nitrogen and oxygen atoms in total. The van der Waals surface area contributed by atoms with Crippen LogP contribution in [-0.2, 0) is 11.3 Å². The van der Waals surface area contributed by atoms with E-state index in [1.165, 1.54) is 6.33 Å². The fourth-order valence-corrected chi connectivity index (χ4v) is 2.28. The van der Waals surface area contributed by atoms with Crippen molar-refractivity contribution >= 4 is 23.4 Å². The monoisotopic (exact) mass is 296 g/mol. The van der Waals surface area contributed by atoms with Crippen LogP contribution >= 0.6 is 12.2 Å². The Morgan fingerprint density at radius 2 is 2.15 bits per heavy atom. The summed E-state index contributed by atoms with van der Waals surface area (Å²) in [5.74, 6) is 0.517. The Hall–Kier alpha value is -1.47. The van der Waals surface area contributed by atoms with Crippen LogP contribution in [0.4, 0.5) is 0 Å². The minimum absolute atomic E-state index is 0.280. The lowest BCUT2D eigenvalue weighted by molar-refractivity contribution is 0.0754. The number of ether oxygens (including phenoxy) is 2. The van der Waals surface area contributed by atoms with Crippen molar-refractivity contribution in [1.82, 2.24) is 19.5 Å². The third-order valence-electron chi connectivity index (χ3n) is 2.95. The predicted molar refractivity (Wildman–Crippen MR) is 79.6 cm³/mol. The van der Waals surface area contributed by atoms with E-state index in [0.717, 1.165) is 37.2 Å². The molecule has 7 heteroatoms. The molecule has 20 heavy (non-hydrogen) atoms. The van der Waals surface area contributed by atoms with Crippen molar-refractivity contribution in [2.45, 2.75) is 39.3 Å². The number of rotatable bonds is 7. The topological polar surface area (TPSA) is 65.0 Å². The predicted octanol–water partition coefficient (Wildman–Crippen LogP) is 2.70. The number of aromatic nitrogens is 4. The van der Waals surface area contributed by atoms with Gasteiger partial charge in [-0.1, -0.05) is 0 Å². The fourth-order valence-electron chi connectivity index (χ4n) is 2.00. The summed E-state index contributed by atoms with van der Waals surface area (Å²) in [4.78, 5) is 11.4. The number of aromatic amines is 1. The van der Waals surface area contributed by atoms with Gasteiger partial charge in [0.05, 0.1) is 13.2 Å². The second-order valence-corrected chi connectivity index (χ2v) is 5.18. The lowest BCUT2D eigenvalue weighted by Crippen LogP contribution is -2.06. The van der Waals surface area contributed by atoms with E-state index in [0.29, 0.717) is 10.7 Å². The summed E-state index contributed by atoms with van der Waals surface area (Å²) in [6.45, 7) is 5.66. The van der Waals surface area contributed by atoms with Crippen molar-refractivity contribution in [3.8, 4) is 5.88 Å². The maximum absolute atomic E-state index is 5.53. The second-order valence-electron chi connectivity index (χ2n) is 4.79. The molecule has 0 amide bonds. The van der Waals surface area contributed by atoms with Crippen LogP contribution in [0.25, 0.3) is 11.2 Å². The highest BCUT2D eigenvalue weighted by Crippen LogP contribution is 2.20. The third-order valence-corrected chi connectivity index (χ3v) is 3.27. The highest BCUT2D eigenvalue weighted by molar-refractivity contribution is 7.71. The third kappa shape index (κ3) is 3.34. The molecule has 1 N–H and O–H groups in total. The average molecular weight is 296 g/mol. The van der Waals surface area contributed by atoms with Crippen LogP contribution in [0.3, 0.4) is 0 Å². The van der Waals surface area contributed by atoms with Gasteiger partial charge in [-0.3, -0.25) is 0 Å². The summed E-state index contributed by atoms with van der Waals surface area (Å²) in [6, 6.07) is 0. The van der Waals surface area contributed by atoms with Gasteiger partial charge in [0.2, 0.25) is 5.88 Å². The molecule has 0 aliphatic carbocycles. The number of unbranched alkanes of at least 4 members (excludes halogenated alkanes) is 1. The van der Waals surface area contributed by atoms with Crippen molar-refractivity contribution in [1.29, 1.82) is 0 Å². The van der Waals surface area contributed by atoms with Gasteiger partial charge < -0.3 is 19.0 Å². The van der Waals surface area contributed by atoms with E-state index in [1.54, 1.807) is 7.11 Å². The van der Waals surface area contributed by atoms with E-state index in [9.17, 15) is 0 Å². The van der Waals surface area contributed by atoms with E-state index >= 15 is 0 Å². The average Bonchev–Trinajstić information content (AvgIpc) is 2.74. The van der Waals surface area contributed by atoms with Gasteiger partial charge in [-0.25, -0.2) is 4.98 Å². The molecule has 2 aromatic rings. The van der Waals surface area contributed by atoms with Crippen LogP contribution in [0.2, 0.25) is 0 Å². The molecule has 0 unspecified atom stereocenters. The first-order chi connectivity index (χ1) is 9.63. The summed E-state index contributed by atoms with van der Waals surface area (Å²) in [5, 5.41) is 0. The quantitative estimate of drug-likeness (QED) is 0.628. The van der Waals surface area contributed by atoms with Gasteiger partial charge in [-0.05, 0) is 38.9 Å². The molecule has 0 aliphatic rings. The van der Waals surface area contributed by atoms with Crippen molar-refractivity contribution in [3.05, 3.63) is 11.1 Å². The van der Waals surface area contributed by atoms with Crippen molar-refractivity contribution in [3.63, 3.8) is 0 Å². The minimum Gasteiger partial charge on any atom is -0.479 e. The Kier molecular flexibility index (Phi) is 5.08. The molecule has 0 fully saturated rings. The Bertz CT molecular complexity index is 620. The second kappa shape index (κ2) is 6.81. The lowest BCUT2D eigenvalue weighted by atomic mass is 10.3. The number of fused-ring (bicyclic) bond motifs is 1. The normalized spacial score (nSPS) is 11.4. The van der Waals surface area contributed by atoms with Gasteiger partial charge in [-0.2, -0.15) is 4.98 Å². The zero-order chi connectivity index (χ0) is 14.5. The first-order valence-corrected chi connectivity index (χ1v) is 7.13. The lowest BCUT2D eigenvalue weighted by Gasteiger charge is -2.07. The SMILES string of the molecule is COc1ncnc2c1[nH]c(=S)n2CCCCOC(C)C. The van der Waals surface area contributed by atoms with Gasteiger partial charge in [0, 0.05) is 13.2 Å². The Morgan fingerprint density at radius 1 is 1.35 bits per heavy atom. The van der Waals surface area contributed by atoms with Crippen LogP contribution in [0.5, 0.6) is 5.88 Å². The highest BCUT2D eigenvalue weighted by Gasteiger charge is 2.10. The van der Waals surface area contributed by atoms with Gasteiger partial charge in [0.15, 0.2) is 10.4 Å². The first-order valence-electron chi connectivity index (χ1n) is 6.72. The number of nitrogens with one attached hydrogen (secondary N) is 1. The molecule has 0 spiro atoms. The summed E-state index contributed by atoms with van der Waals surface area (Å²) in [5.41, 5.74) is 1.53. The number of imidazole rings is 1. The largest absolute Gasteiger partial charge is 0.479 e.